The zero-order valence-electron chi connectivity index (χ0n) is 5.27. The molecule has 0 atom stereocenters. The van der Waals surface area contributed by atoms with Gasteiger partial charge < -0.3 is 4.42 Å². The minimum atomic E-state index is -0.993. The molecule has 1 aromatic carbocycles. The summed E-state index contributed by atoms with van der Waals surface area (Å²) in [5, 5.41) is 0. The van der Waals surface area contributed by atoms with Gasteiger partial charge in [0.25, 0.3) is 6.39 Å². The van der Waals surface area contributed by atoms with Crippen molar-refractivity contribution in [2.75, 3.05) is 0 Å². The minimum absolute atomic E-state index is 0.120. The van der Waals surface area contributed by atoms with Gasteiger partial charge >= 0.3 is 0 Å². The lowest BCUT2D eigenvalue weighted by Gasteiger charge is -1.89. The predicted octanol–water partition coefficient (Wildman–Crippen LogP) is 1.91. The quantitative estimate of drug-likeness (QED) is 0.579. The molecule has 2 rings (SSSR count). The summed E-state index contributed by atoms with van der Waals surface area (Å²) in [7, 11) is 0. The summed E-state index contributed by atoms with van der Waals surface area (Å²) in [6, 6.07) is 2.29. The highest BCUT2D eigenvalue weighted by Crippen LogP contribution is 2.17. The fraction of sp³-hybridized carbons (Fsp3) is 0. The Balaban J connectivity index is 2.93. The Labute approximate surface area is 60.5 Å². The molecule has 4 heteroatoms. The topological polar surface area (TPSA) is 26.0 Å². The number of hydrogen-bond donors (Lipinski definition) is 0. The highest BCUT2D eigenvalue weighted by molar-refractivity contribution is 5.72. The summed E-state index contributed by atoms with van der Waals surface area (Å²) < 4.78 is 29.8. The molecule has 0 amide bonds. The molecule has 0 aliphatic carbocycles. The van der Waals surface area contributed by atoms with Gasteiger partial charge in [-0.15, -0.1) is 0 Å². The van der Waals surface area contributed by atoms with Crippen LogP contribution in [-0.4, -0.2) is 4.98 Å². The van der Waals surface area contributed by atoms with E-state index in [2.05, 4.69) is 15.8 Å². The standard InChI is InChI=1S/C7H2F2NO/c8-4-1-2-5-7(6(4)9)10-3-11-5/h1-2H. The van der Waals surface area contributed by atoms with Crippen molar-refractivity contribution in [3.05, 3.63) is 30.2 Å². The van der Waals surface area contributed by atoms with Gasteiger partial charge in [0.15, 0.2) is 17.2 Å². The van der Waals surface area contributed by atoms with Crippen LogP contribution in [0.3, 0.4) is 0 Å². The lowest BCUT2D eigenvalue weighted by atomic mass is 10.3. The maximum Gasteiger partial charge on any atom is 0.284 e. The van der Waals surface area contributed by atoms with Crippen molar-refractivity contribution < 1.29 is 13.2 Å². The first-order valence-electron chi connectivity index (χ1n) is 2.89. The normalized spacial score (nSPS) is 10.7. The van der Waals surface area contributed by atoms with Gasteiger partial charge in [0.1, 0.15) is 5.52 Å². The van der Waals surface area contributed by atoms with Crippen LogP contribution in [0, 0.1) is 18.0 Å². The van der Waals surface area contributed by atoms with Gasteiger partial charge in [0.2, 0.25) is 0 Å². The SMILES string of the molecule is Fc1ccc2o[c]nc2c1F. The summed E-state index contributed by atoms with van der Waals surface area (Å²) in [6.07, 6.45) is 2.07. The average Bonchev–Trinajstić information content (AvgIpc) is 2.45. The van der Waals surface area contributed by atoms with E-state index in [1.807, 2.05) is 0 Å². The molecule has 0 saturated carbocycles. The smallest absolute Gasteiger partial charge is 0.284 e. The number of halogens is 2. The van der Waals surface area contributed by atoms with Crippen LogP contribution in [-0.2, 0) is 0 Å². The number of benzene rings is 1. The van der Waals surface area contributed by atoms with E-state index in [-0.39, 0.29) is 11.1 Å². The second-order valence-electron chi connectivity index (χ2n) is 2.01. The molecule has 0 aliphatic heterocycles. The number of hydrogen-bond acceptors (Lipinski definition) is 2. The van der Waals surface area contributed by atoms with Crippen LogP contribution < -0.4 is 0 Å². The monoisotopic (exact) mass is 154 g/mol. The van der Waals surface area contributed by atoms with Crippen LogP contribution in [0.5, 0.6) is 0 Å². The molecule has 0 spiro atoms. The van der Waals surface area contributed by atoms with Gasteiger partial charge in [-0.25, -0.2) is 13.8 Å². The zero-order chi connectivity index (χ0) is 7.84. The molecule has 0 unspecified atom stereocenters. The van der Waals surface area contributed by atoms with Crippen molar-refractivity contribution in [3.8, 4) is 0 Å². The van der Waals surface area contributed by atoms with E-state index in [9.17, 15) is 8.78 Å². The minimum Gasteiger partial charge on any atom is -0.432 e. The van der Waals surface area contributed by atoms with E-state index < -0.39 is 11.6 Å². The maximum absolute atomic E-state index is 12.7. The van der Waals surface area contributed by atoms with E-state index in [0.717, 1.165) is 6.07 Å². The Bertz CT molecular complexity index is 396. The van der Waals surface area contributed by atoms with E-state index in [1.165, 1.54) is 6.07 Å². The molecule has 0 saturated heterocycles. The predicted molar refractivity (Wildman–Crippen MR) is 32.8 cm³/mol. The summed E-state index contributed by atoms with van der Waals surface area (Å²) in [5.41, 5.74) is 0.0777. The van der Waals surface area contributed by atoms with E-state index in [0.29, 0.717) is 0 Å². The lowest BCUT2D eigenvalue weighted by molar-refractivity contribution is 0.514. The third kappa shape index (κ3) is 0.790. The van der Waals surface area contributed by atoms with Crippen LogP contribution in [0.1, 0.15) is 0 Å². The van der Waals surface area contributed by atoms with Gasteiger partial charge in [-0.1, -0.05) is 0 Å². The average molecular weight is 154 g/mol. The van der Waals surface area contributed by atoms with Crippen LogP contribution in [0.25, 0.3) is 11.1 Å². The van der Waals surface area contributed by atoms with Gasteiger partial charge in [-0.3, -0.25) is 0 Å². The first-order valence-corrected chi connectivity index (χ1v) is 2.89. The van der Waals surface area contributed by atoms with Crippen molar-refractivity contribution in [1.29, 1.82) is 0 Å². The van der Waals surface area contributed by atoms with Gasteiger partial charge in [0, 0.05) is 0 Å². The summed E-state index contributed by atoms with van der Waals surface area (Å²) in [6.45, 7) is 0. The third-order valence-corrected chi connectivity index (χ3v) is 1.35. The molecular formula is C7H2F2NO. The summed E-state index contributed by atoms with van der Waals surface area (Å²) in [4.78, 5) is 3.37. The Morgan fingerprint density at radius 1 is 1.36 bits per heavy atom. The number of nitrogens with zero attached hydrogens (tertiary/aromatic N) is 1. The molecule has 0 aliphatic rings. The Morgan fingerprint density at radius 2 is 2.18 bits per heavy atom. The number of rotatable bonds is 0. The maximum atomic E-state index is 12.7. The molecule has 2 nitrogen and oxygen atoms in total. The Kier molecular flexibility index (Phi) is 1.15. The van der Waals surface area contributed by atoms with Crippen LogP contribution in [0.15, 0.2) is 16.5 Å². The Morgan fingerprint density at radius 3 is 3.00 bits per heavy atom. The van der Waals surface area contributed by atoms with Gasteiger partial charge in [-0.05, 0) is 12.1 Å². The zero-order valence-corrected chi connectivity index (χ0v) is 5.27. The number of oxazole rings is 1. The van der Waals surface area contributed by atoms with Gasteiger partial charge in [0.05, 0.1) is 0 Å². The van der Waals surface area contributed by atoms with Crippen molar-refractivity contribution in [2.45, 2.75) is 0 Å². The fourth-order valence-electron chi connectivity index (χ4n) is 0.826. The van der Waals surface area contributed by atoms with Crippen LogP contribution in [0.4, 0.5) is 8.78 Å². The number of fused-ring (bicyclic) bond motifs is 1. The van der Waals surface area contributed by atoms with Crippen molar-refractivity contribution >= 4 is 11.1 Å². The van der Waals surface area contributed by atoms with E-state index >= 15 is 0 Å². The van der Waals surface area contributed by atoms with Crippen molar-refractivity contribution in [2.24, 2.45) is 0 Å². The molecule has 1 radical (unpaired) electrons. The molecule has 0 fully saturated rings. The molecular weight excluding hydrogens is 152 g/mol. The van der Waals surface area contributed by atoms with Crippen LogP contribution >= 0.6 is 0 Å². The molecule has 0 bridgehead atoms. The first kappa shape index (κ1) is 6.27. The highest BCUT2D eigenvalue weighted by atomic mass is 19.2. The molecule has 1 aromatic heterocycles. The fourth-order valence-corrected chi connectivity index (χ4v) is 0.826. The van der Waals surface area contributed by atoms with E-state index in [4.69, 9.17) is 0 Å². The molecule has 2 aromatic rings. The largest absolute Gasteiger partial charge is 0.432 e. The second kappa shape index (κ2) is 2.02. The second-order valence-corrected chi connectivity index (χ2v) is 2.01. The third-order valence-electron chi connectivity index (χ3n) is 1.35. The molecule has 11 heavy (non-hydrogen) atoms. The van der Waals surface area contributed by atoms with E-state index in [1.54, 1.807) is 0 Å². The summed E-state index contributed by atoms with van der Waals surface area (Å²) >= 11 is 0. The Hall–Kier alpha value is -1.45. The van der Waals surface area contributed by atoms with Crippen molar-refractivity contribution in [3.63, 3.8) is 0 Å². The van der Waals surface area contributed by atoms with Crippen LogP contribution in [0.2, 0.25) is 0 Å². The first-order chi connectivity index (χ1) is 5.29. The molecule has 0 N–H and O–H groups in total. The summed E-state index contributed by atoms with van der Waals surface area (Å²) in [5.74, 6) is -1.92. The molecule has 1 heterocycles. The highest BCUT2D eigenvalue weighted by Gasteiger charge is 2.09. The van der Waals surface area contributed by atoms with Gasteiger partial charge in [-0.2, -0.15) is 0 Å². The number of aromatic nitrogens is 1. The lowest BCUT2D eigenvalue weighted by Crippen LogP contribution is -1.83. The molecule has 55 valence electrons. The van der Waals surface area contributed by atoms with Crippen molar-refractivity contribution in [1.82, 2.24) is 4.98 Å².